The van der Waals surface area contributed by atoms with Crippen molar-refractivity contribution in [2.75, 3.05) is 33.4 Å². The quantitative estimate of drug-likeness (QED) is 0.275. The summed E-state index contributed by atoms with van der Waals surface area (Å²) in [5.41, 5.74) is 2.40. The van der Waals surface area contributed by atoms with E-state index < -0.39 is 6.10 Å². The molecule has 4 atom stereocenters. The highest BCUT2D eigenvalue weighted by molar-refractivity contribution is 7.13. The van der Waals surface area contributed by atoms with Crippen molar-refractivity contribution in [3.63, 3.8) is 0 Å². The van der Waals surface area contributed by atoms with Gasteiger partial charge in [0.05, 0.1) is 39.1 Å². The molecule has 0 radical (unpaired) electrons. The van der Waals surface area contributed by atoms with E-state index in [1.165, 1.54) is 23.1 Å². The maximum Gasteiger partial charge on any atom is 0.305 e. The summed E-state index contributed by atoms with van der Waals surface area (Å²) in [4.78, 5) is 14.9. The number of hydrogen-bond donors (Lipinski definition) is 1. The second-order valence-electron chi connectivity index (χ2n) is 9.32. The average Bonchev–Trinajstić information content (AvgIpc) is 3.49. The smallest absolute Gasteiger partial charge is 0.305 e. The Morgan fingerprint density at radius 3 is 2.80 bits per heavy atom. The first-order valence-electron chi connectivity index (χ1n) is 12.6. The molecule has 35 heavy (non-hydrogen) atoms. The van der Waals surface area contributed by atoms with Crippen LogP contribution >= 0.6 is 11.3 Å². The normalized spacial score (nSPS) is 25.3. The zero-order chi connectivity index (χ0) is 24.5. The van der Waals surface area contributed by atoms with Crippen molar-refractivity contribution in [1.82, 2.24) is 4.90 Å². The molecule has 1 saturated heterocycles. The Balaban J connectivity index is 1.37. The van der Waals surface area contributed by atoms with Gasteiger partial charge in [0.2, 0.25) is 0 Å². The third-order valence-electron chi connectivity index (χ3n) is 6.98. The number of unbranched alkanes of at least 4 members (excludes halogenated alkanes) is 1. The predicted molar refractivity (Wildman–Crippen MR) is 138 cm³/mol. The van der Waals surface area contributed by atoms with Crippen molar-refractivity contribution in [2.24, 2.45) is 5.92 Å². The summed E-state index contributed by atoms with van der Waals surface area (Å²) in [5, 5.41) is 13.2. The number of benzene rings is 1. The molecule has 2 heterocycles. The van der Waals surface area contributed by atoms with Crippen molar-refractivity contribution in [3.05, 3.63) is 59.5 Å². The number of morpholine rings is 1. The lowest BCUT2D eigenvalue weighted by Gasteiger charge is -2.37. The van der Waals surface area contributed by atoms with Crippen LogP contribution < -0.4 is 0 Å². The molecule has 0 spiro atoms. The Morgan fingerprint density at radius 2 is 2.03 bits per heavy atom. The Morgan fingerprint density at radius 1 is 1.23 bits per heavy atom. The van der Waals surface area contributed by atoms with Gasteiger partial charge in [0.1, 0.15) is 0 Å². The molecule has 1 aliphatic carbocycles. The van der Waals surface area contributed by atoms with Gasteiger partial charge in [-0.15, -0.1) is 11.3 Å². The monoisotopic (exact) mass is 499 g/mol. The number of ether oxygens (including phenoxy) is 3. The molecule has 0 amide bonds. The molecule has 1 aliphatic heterocycles. The Labute approximate surface area is 212 Å². The number of thiophene rings is 1. The SMILES string of the molecule is COC(=O)CCCC=CC[C@H]1[C@@H](OCc2csc(-c3ccccc3)c2)CC(O)[C@@H]1N1CCOCC1. The first kappa shape index (κ1) is 26.0. The van der Waals surface area contributed by atoms with E-state index in [4.69, 9.17) is 14.2 Å². The second kappa shape index (κ2) is 13.3. The Kier molecular flexibility index (Phi) is 9.92. The van der Waals surface area contributed by atoms with Crippen molar-refractivity contribution >= 4 is 17.3 Å². The minimum atomic E-state index is -0.404. The van der Waals surface area contributed by atoms with Gasteiger partial charge in [0.25, 0.3) is 0 Å². The third kappa shape index (κ3) is 7.24. The molecule has 1 saturated carbocycles. The summed E-state index contributed by atoms with van der Waals surface area (Å²) in [6.07, 6.45) is 7.50. The first-order chi connectivity index (χ1) is 17.2. The molecule has 1 aromatic carbocycles. The molecule has 2 fully saturated rings. The van der Waals surface area contributed by atoms with Crippen molar-refractivity contribution in [3.8, 4) is 10.4 Å². The van der Waals surface area contributed by atoms with E-state index in [0.29, 0.717) is 32.7 Å². The average molecular weight is 500 g/mol. The standard InChI is InChI=1S/C28H37NO5S/c1-32-27(31)12-8-3-2-7-11-23-25(18-24(30)28(23)29-13-15-33-16-14-29)34-19-21-17-26(35-20-21)22-9-5-4-6-10-22/h2,4-7,9-10,17,20,23-25,28,30H,3,8,11-16,18-19H2,1H3/t23-,24?,25-,28+/m0/s1. The zero-order valence-corrected chi connectivity index (χ0v) is 21.3. The number of allylic oxidation sites excluding steroid dienone is 2. The van der Waals surface area contributed by atoms with Gasteiger partial charge >= 0.3 is 5.97 Å². The van der Waals surface area contributed by atoms with Crippen LogP contribution in [0.3, 0.4) is 0 Å². The fourth-order valence-corrected chi connectivity index (χ4v) is 6.08. The number of methoxy groups -OCH3 is 1. The summed E-state index contributed by atoms with van der Waals surface area (Å²) in [6, 6.07) is 12.7. The number of carbonyl (C=O) groups excluding carboxylic acids is 1. The van der Waals surface area contributed by atoms with Crippen LogP contribution in [0.2, 0.25) is 0 Å². The van der Waals surface area contributed by atoms with Crippen LogP contribution in [0, 0.1) is 5.92 Å². The van der Waals surface area contributed by atoms with E-state index in [1.807, 2.05) is 6.07 Å². The number of esters is 1. The summed E-state index contributed by atoms with van der Waals surface area (Å²) in [6.45, 7) is 3.66. The van der Waals surface area contributed by atoms with Crippen LogP contribution in [-0.4, -0.2) is 67.6 Å². The molecule has 6 nitrogen and oxygen atoms in total. The molecular weight excluding hydrogens is 462 g/mol. The van der Waals surface area contributed by atoms with Gasteiger partial charge in [-0.3, -0.25) is 9.69 Å². The van der Waals surface area contributed by atoms with Crippen molar-refractivity contribution < 1.29 is 24.1 Å². The molecule has 2 aliphatic rings. The number of aliphatic hydroxyl groups is 1. The molecule has 190 valence electrons. The lowest BCUT2D eigenvalue weighted by Crippen LogP contribution is -2.50. The Bertz CT molecular complexity index is 940. The lowest BCUT2D eigenvalue weighted by molar-refractivity contribution is -0.140. The van der Waals surface area contributed by atoms with E-state index in [1.54, 1.807) is 11.3 Å². The summed E-state index contributed by atoms with van der Waals surface area (Å²) in [5.74, 6) is 0.0502. The molecular formula is C28H37NO5S. The summed E-state index contributed by atoms with van der Waals surface area (Å²) < 4.78 is 16.7. The van der Waals surface area contributed by atoms with E-state index in [0.717, 1.165) is 32.4 Å². The minimum absolute atomic E-state index is 0.00219. The number of aliphatic hydroxyl groups excluding tert-OH is 1. The van der Waals surface area contributed by atoms with Gasteiger partial charge in [0.15, 0.2) is 0 Å². The van der Waals surface area contributed by atoms with E-state index in [2.05, 4.69) is 52.8 Å². The molecule has 2 aromatic rings. The van der Waals surface area contributed by atoms with Crippen LogP contribution in [0.4, 0.5) is 0 Å². The van der Waals surface area contributed by atoms with E-state index >= 15 is 0 Å². The summed E-state index contributed by atoms with van der Waals surface area (Å²) >= 11 is 1.74. The van der Waals surface area contributed by atoms with Crippen LogP contribution in [0.15, 0.2) is 53.9 Å². The number of carbonyl (C=O) groups is 1. The van der Waals surface area contributed by atoms with Crippen LogP contribution in [0.5, 0.6) is 0 Å². The number of nitrogens with zero attached hydrogens (tertiary/aromatic N) is 1. The van der Waals surface area contributed by atoms with E-state index in [9.17, 15) is 9.90 Å². The minimum Gasteiger partial charge on any atom is -0.469 e. The van der Waals surface area contributed by atoms with Crippen LogP contribution in [0.1, 0.15) is 37.7 Å². The maximum atomic E-state index is 11.3. The molecule has 1 N–H and O–H groups in total. The number of rotatable bonds is 11. The van der Waals surface area contributed by atoms with E-state index in [-0.39, 0.29) is 24.0 Å². The van der Waals surface area contributed by atoms with Crippen molar-refractivity contribution in [1.29, 1.82) is 0 Å². The molecule has 0 bridgehead atoms. The topological polar surface area (TPSA) is 68.2 Å². The fourth-order valence-electron chi connectivity index (χ4n) is 5.18. The van der Waals surface area contributed by atoms with Crippen LogP contribution in [-0.2, 0) is 25.6 Å². The number of hydrogen-bond acceptors (Lipinski definition) is 7. The van der Waals surface area contributed by atoms with Gasteiger partial charge in [0, 0.05) is 42.8 Å². The maximum absolute atomic E-state index is 11.3. The van der Waals surface area contributed by atoms with Gasteiger partial charge in [-0.1, -0.05) is 42.5 Å². The summed E-state index contributed by atoms with van der Waals surface area (Å²) in [7, 11) is 1.42. The zero-order valence-electron chi connectivity index (χ0n) is 20.5. The van der Waals surface area contributed by atoms with Gasteiger partial charge in [-0.2, -0.15) is 0 Å². The highest BCUT2D eigenvalue weighted by Gasteiger charge is 2.45. The first-order valence-corrected chi connectivity index (χ1v) is 13.5. The lowest BCUT2D eigenvalue weighted by atomic mass is 9.94. The van der Waals surface area contributed by atoms with Gasteiger partial charge in [-0.25, -0.2) is 0 Å². The van der Waals surface area contributed by atoms with Crippen molar-refractivity contribution in [2.45, 2.75) is 57.0 Å². The molecule has 7 heteroatoms. The van der Waals surface area contributed by atoms with Gasteiger partial charge < -0.3 is 19.3 Å². The largest absolute Gasteiger partial charge is 0.469 e. The predicted octanol–water partition coefficient (Wildman–Crippen LogP) is 4.67. The molecule has 1 unspecified atom stereocenters. The second-order valence-corrected chi connectivity index (χ2v) is 10.2. The highest BCUT2D eigenvalue weighted by Crippen LogP contribution is 2.37. The fraction of sp³-hybridized carbons (Fsp3) is 0.536. The van der Waals surface area contributed by atoms with Gasteiger partial charge in [-0.05, 0) is 41.8 Å². The van der Waals surface area contributed by atoms with Crippen LogP contribution in [0.25, 0.3) is 10.4 Å². The highest BCUT2D eigenvalue weighted by atomic mass is 32.1. The molecule has 1 aromatic heterocycles. The third-order valence-corrected chi connectivity index (χ3v) is 8.01. The Hall–Kier alpha value is -2.03. The molecule has 4 rings (SSSR count).